The summed E-state index contributed by atoms with van der Waals surface area (Å²) in [6, 6.07) is -4.74. The molecular weight excluding hydrogens is 482 g/mol. The van der Waals surface area contributed by atoms with Crippen LogP contribution in [0.15, 0.2) is 0 Å². The van der Waals surface area contributed by atoms with Crippen LogP contribution in [0.5, 0.6) is 0 Å². The molecule has 0 saturated heterocycles. The van der Waals surface area contributed by atoms with E-state index in [0.29, 0.717) is 12.2 Å². The number of carbonyl (C=O) groups is 6. The summed E-state index contributed by atoms with van der Waals surface area (Å²) < 4.78 is 0. The van der Waals surface area contributed by atoms with Crippen LogP contribution in [-0.4, -0.2) is 82.0 Å². The van der Waals surface area contributed by atoms with Gasteiger partial charge in [0.2, 0.25) is 23.6 Å². The second-order valence-electron chi connectivity index (χ2n) is 8.15. The lowest BCUT2D eigenvalue weighted by molar-refractivity contribution is -0.143. The van der Waals surface area contributed by atoms with E-state index in [9.17, 15) is 33.9 Å². The van der Waals surface area contributed by atoms with Crippen molar-refractivity contribution in [2.75, 3.05) is 12.0 Å². The van der Waals surface area contributed by atoms with Crippen LogP contribution in [0.1, 0.15) is 52.4 Å². The molecule has 0 aromatic heterocycles. The van der Waals surface area contributed by atoms with Crippen LogP contribution in [0.4, 0.5) is 0 Å². The van der Waals surface area contributed by atoms with Crippen molar-refractivity contribution < 1.29 is 39.0 Å². The molecule has 200 valence electrons. The van der Waals surface area contributed by atoms with Crippen LogP contribution in [0.2, 0.25) is 0 Å². The predicted octanol–water partition coefficient (Wildman–Crippen LogP) is -1.22. The molecule has 9 N–H and O–H groups in total. The zero-order valence-electron chi connectivity index (χ0n) is 20.2. The number of hydrogen-bond acceptors (Lipinski definition) is 8. The molecule has 0 fully saturated rings. The Kier molecular flexibility index (Phi) is 15.3. The molecule has 14 heteroatoms. The van der Waals surface area contributed by atoms with Gasteiger partial charge < -0.3 is 37.6 Å². The van der Waals surface area contributed by atoms with Gasteiger partial charge in [-0.3, -0.25) is 24.0 Å². The van der Waals surface area contributed by atoms with Gasteiger partial charge in [0.25, 0.3) is 0 Å². The topological polar surface area (TPSA) is 231 Å². The lowest BCUT2D eigenvalue weighted by Gasteiger charge is -2.26. The van der Waals surface area contributed by atoms with E-state index in [0.717, 1.165) is 0 Å². The van der Waals surface area contributed by atoms with Crippen LogP contribution < -0.4 is 27.4 Å². The van der Waals surface area contributed by atoms with Crippen LogP contribution in [0, 0.1) is 5.92 Å². The van der Waals surface area contributed by atoms with Crippen LogP contribution in [-0.2, 0) is 28.8 Å². The molecule has 0 spiro atoms. The molecule has 0 aliphatic rings. The van der Waals surface area contributed by atoms with Gasteiger partial charge in [-0.15, -0.1) is 0 Å². The van der Waals surface area contributed by atoms with Crippen molar-refractivity contribution in [3.05, 3.63) is 0 Å². The SMILES string of the molecule is CCC(C)C(N)C(=O)NC(CCSC)C(=O)NC(CCC(N)=O)C(=O)NC(CCC(=O)O)C(=O)O. The average Bonchev–Trinajstić information content (AvgIpc) is 2.79. The minimum absolute atomic E-state index is 0.132. The van der Waals surface area contributed by atoms with Crippen molar-refractivity contribution in [3.63, 3.8) is 0 Å². The van der Waals surface area contributed by atoms with E-state index in [-0.39, 0.29) is 31.6 Å². The van der Waals surface area contributed by atoms with E-state index in [2.05, 4.69) is 16.0 Å². The highest BCUT2D eigenvalue weighted by Crippen LogP contribution is 2.09. The molecule has 0 aliphatic carbocycles. The average molecular weight is 520 g/mol. The maximum atomic E-state index is 13.0. The van der Waals surface area contributed by atoms with E-state index < -0.39 is 66.2 Å². The van der Waals surface area contributed by atoms with Crippen LogP contribution >= 0.6 is 11.8 Å². The van der Waals surface area contributed by atoms with Crippen molar-refractivity contribution in [1.82, 2.24) is 16.0 Å². The number of carboxylic acids is 2. The molecule has 0 bridgehead atoms. The largest absolute Gasteiger partial charge is 0.481 e. The van der Waals surface area contributed by atoms with E-state index in [1.54, 1.807) is 6.92 Å². The monoisotopic (exact) mass is 519 g/mol. The number of amides is 4. The molecule has 0 aromatic rings. The Morgan fingerprint density at radius 1 is 0.829 bits per heavy atom. The Bertz CT molecular complexity index is 766. The molecular formula is C21H37N5O8S. The highest BCUT2D eigenvalue weighted by molar-refractivity contribution is 7.98. The molecule has 0 aliphatic heterocycles. The fourth-order valence-electron chi connectivity index (χ4n) is 2.91. The Morgan fingerprint density at radius 3 is 1.77 bits per heavy atom. The number of carboxylic acid groups (broad SMARTS) is 2. The Hall–Kier alpha value is -2.87. The van der Waals surface area contributed by atoms with Gasteiger partial charge in [0, 0.05) is 12.8 Å². The molecule has 5 atom stereocenters. The van der Waals surface area contributed by atoms with Crippen molar-refractivity contribution in [1.29, 1.82) is 0 Å². The van der Waals surface area contributed by atoms with Crippen molar-refractivity contribution in [2.45, 2.75) is 76.5 Å². The molecule has 5 unspecified atom stereocenters. The first-order valence-corrected chi connectivity index (χ1v) is 12.6. The van der Waals surface area contributed by atoms with Crippen molar-refractivity contribution in [3.8, 4) is 0 Å². The molecule has 0 saturated carbocycles. The number of hydrogen-bond donors (Lipinski definition) is 7. The molecule has 0 heterocycles. The summed E-state index contributed by atoms with van der Waals surface area (Å²) in [5.74, 6) is -5.24. The number of primary amides is 1. The molecule has 0 aromatic carbocycles. The van der Waals surface area contributed by atoms with Gasteiger partial charge in [0.15, 0.2) is 0 Å². The van der Waals surface area contributed by atoms with Gasteiger partial charge in [0.1, 0.15) is 18.1 Å². The fourth-order valence-corrected chi connectivity index (χ4v) is 3.38. The summed E-state index contributed by atoms with van der Waals surface area (Å²) in [6.07, 6.45) is 1.29. The number of aliphatic carboxylic acids is 2. The Morgan fingerprint density at radius 2 is 1.31 bits per heavy atom. The smallest absolute Gasteiger partial charge is 0.326 e. The molecule has 13 nitrogen and oxygen atoms in total. The Labute approximate surface area is 208 Å². The second kappa shape index (κ2) is 16.7. The third-order valence-electron chi connectivity index (χ3n) is 5.38. The summed E-state index contributed by atoms with van der Waals surface area (Å²) in [7, 11) is 0. The molecule has 4 amide bonds. The van der Waals surface area contributed by atoms with Crippen molar-refractivity contribution in [2.24, 2.45) is 17.4 Å². The lowest BCUT2D eigenvalue weighted by atomic mass is 9.99. The first-order chi connectivity index (χ1) is 16.3. The van der Waals surface area contributed by atoms with Gasteiger partial charge in [-0.05, 0) is 37.2 Å². The van der Waals surface area contributed by atoms with Gasteiger partial charge in [-0.25, -0.2) is 4.79 Å². The summed E-state index contributed by atoms with van der Waals surface area (Å²) >= 11 is 1.44. The van der Waals surface area contributed by atoms with E-state index >= 15 is 0 Å². The maximum Gasteiger partial charge on any atom is 0.326 e. The van der Waals surface area contributed by atoms with E-state index in [1.807, 2.05) is 13.2 Å². The van der Waals surface area contributed by atoms with E-state index in [4.69, 9.17) is 16.6 Å². The van der Waals surface area contributed by atoms with Crippen LogP contribution in [0.3, 0.4) is 0 Å². The van der Waals surface area contributed by atoms with Crippen LogP contribution in [0.25, 0.3) is 0 Å². The van der Waals surface area contributed by atoms with Crippen molar-refractivity contribution >= 4 is 47.3 Å². The lowest BCUT2D eigenvalue weighted by Crippen LogP contribution is -2.57. The number of rotatable bonds is 18. The summed E-state index contributed by atoms with van der Waals surface area (Å²) in [5, 5.41) is 25.3. The van der Waals surface area contributed by atoms with Gasteiger partial charge in [0.05, 0.1) is 6.04 Å². The normalized spacial score (nSPS) is 15.1. The minimum Gasteiger partial charge on any atom is -0.481 e. The highest BCUT2D eigenvalue weighted by atomic mass is 32.2. The summed E-state index contributed by atoms with van der Waals surface area (Å²) in [5.41, 5.74) is 11.1. The molecule has 0 radical (unpaired) electrons. The number of nitrogens with two attached hydrogens (primary N) is 2. The quantitative estimate of drug-likeness (QED) is 0.114. The molecule has 35 heavy (non-hydrogen) atoms. The standard InChI is InChI=1S/C21H37N5O8S/c1-4-11(2)17(23)20(32)25-13(9-10-35-3)19(31)24-12(5-7-15(22)27)18(30)26-14(21(33)34)6-8-16(28)29/h11-14,17H,4-10,23H2,1-3H3,(H2,22,27)(H,24,31)(H,25,32)(H,26,30)(H,28,29)(H,33,34). The number of thioether (sulfide) groups is 1. The zero-order valence-corrected chi connectivity index (χ0v) is 21.1. The Balaban J connectivity index is 5.58. The third-order valence-corrected chi connectivity index (χ3v) is 6.02. The zero-order chi connectivity index (χ0) is 27.1. The van der Waals surface area contributed by atoms with E-state index in [1.165, 1.54) is 11.8 Å². The first-order valence-electron chi connectivity index (χ1n) is 11.2. The second-order valence-corrected chi connectivity index (χ2v) is 9.14. The fraction of sp³-hybridized carbons (Fsp3) is 0.714. The van der Waals surface area contributed by atoms with Gasteiger partial charge in [-0.1, -0.05) is 20.3 Å². The number of carbonyl (C=O) groups excluding carboxylic acids is 4. The first kappa shape index (κ1) is 32.1. The summed E-state index contributed by atoms with van der Waals surface area (Å²) in [6.45, 7) is 3.67. The molecule has 0 rings (SSSR count). The van der Waals surface area contributed by atoms with Gasteiger partial charge in [-0.2, -0.15) is 11.8 Å². The van der Waals surface area contributed by atoms with Gasteiger partial charge >= 0.3 is 11.9 Å². The summed E-state index contributed by atoms with van der Waals surface area (Å²) in [4.78, 5) is 71.7. The highest BCUT2D eigenvalue weighted by Gasteiger charge is 2.31. The number of nitrogens with one attached hydrogen (secondary N) is 3. The maximum absolute atomic E-state index is 13.0. The third kappa shape index (κ3) is 13.0. The minimum atomic E-state index is -1.52. The predicted molar refractivity (Wildman–Crippen MR) is 129 cm³/mol.